The van der Waals surface area contributed by atoms with Crippen molar-refractivity contribution >= 4 is 5.91 Å². The van der Waals surface area contributed by atoms with Crippen molar-refractivity contribution in [2.24, 2.45) is 0 Å². The average Bonchev–Trinajstić information content (AvgIpc) is 2.96. The van der Waals surface area contributed by atoms with E-state index in [0.717, 1.165) is 44.5 Å². The number of nitrogens with zero attached hydrogens (tertiary/aromatic N) is 2. The van der Waals surface area contributed by atoms with E-state index in [1.165, 1.54) is 18.2 Å². The highest BCUT2D eigenvalue weighted by Gasteiger charge is 2.40. The Morgan fingerprint density at radius 3 is 2.41 bits per heavy atom. The largest absolute Gasteiger partial charge is 0.331 e. The molecular formula is C22H24F2N2O. The molecule has 2 aliphatic heterocycles. The molecule has 0 saturated carbocycles. The molecule has 2 atom stereocenters. The molecule has 27 heavy (non-hydrogen) atoms. The summed E-state index contributed by atoms with van der Waals surface area (Å²) < 4.78 is 27.9. The van der Waals surface area contributed by atoms with Gasteiger partial charge in [-0.3, -0.25) is 4.79 Å². The second kappa shape index (κ2) is 7.39. The van der Waals surface area contributed by atoms with Gasteiger partial charge in [0.2, 0.25) is 0 Å². The Hall–Kier alpha value is -2.27. The van der Waals surface area contributed by atoms with Gasteiger partial charge in [-0.15, -0.1) is 0 Å². The summed E-state index contributed by atoms with van der Waals surface area (Å²) in [5.74, 6) is -1.05. The molecule has 2 heterocycles. The van der Waals surface area contributed by atoms with Crippen molar-refractivity contribution in [3.63, 3.8) is 0 Å². The molecule has 1 amide bonds. The molecule has 0 aromatic heterocycles. The summed E-state index contributed by atoms with van der Waals surface area (Å²) in [6.07, 6.45) is 2.94. The molecule has 0 N–H and O–H groups in total. The minimum atomic E-state index is -0.516. The van der Waals surface area contributed by atoms with E-state index in [4.69, 9.17) is 0 Å². The van der Waals surface area contributed by atoms with E-state index in [1.807, 2.05) is 4.90 Å². The number of carbonyl (C=O) groups excluding carboxylic acids is 1. The molecule has 5 heteroatoms. The maximum absolute atomic E-state index is 14.8. The number of hydrogen-bond donors (Lipinski definition) is 0. The highest BCUT2D eigenvalue weighted by atomic mass is 19.1. The van der Waals surface area contributed by atoms with Gasteiger partial charge in [-0.25, -0.2) is 8.78 Å². The molecule has 2 aromatic rings. The van der Waals surface area contributed by atoms with Gasteiger partial charge < -0.3 is 9.80 Å². The minimum Gasteiger partial charge on any atom is -0.331 e. The maximum atomic E-state index is 14.8. The summed E-state index contributed by atoms with van der Waals surface area (Å²) in [4.78, 5) is 17.4. The summed E-state index contributed by atoms with van der Waals surface area (Å²) in [5.41, 5.74) is 1.49. The van der Waals surface area contributed by atoms with Crippen LogP contribution in [-0.2, 0) is 0 Å². The number of amides is 1. The molecule has 3 nitrogen and oxygen atoms in total. The van der Waals surface area contributed by atoms with Gasteiger partial charge in [-0.1, -0.05) is 25.1 Å². The lowest BCUT2D eigenvalue weighted by Gasteiger charge is -2.29. The van der Waals surface area contributed by atoms with Crippen molar-refractivity contribution < 1.29 is 13.6 Å². The minimum absolute atomic E-state index is 0.128. The van der Waals surface area contributed by atoms with E-state index >= 15 is 0 Å². The average molecular weight is 370 g/mol. The summed E-state index contributed by atoms with van der Waals surface area (Å²) in [7, 11) is 0. The van der Waals surface area contributed by atoms with Crippen LogP contribution in [-0.4, -0.2) is 47.4 Å². The zero-order valence-electron chi connectivity index (χ0n) is 15.5. The number of fused-ring (bicyclic) bond motifs is 2. The van der Waals surface area contributed by atoms with Crippen molar-refractivity contribution in [1.82, 2.24) is 9.80 Å². The molecule has 2 bridgehead atoms. The molecule has 2 aromatic carbocycles. The van der Waals surface area contributed by atoms with Crippen LogP contribution in [0.4, 0.5) is 8.78 Å². The fourth-order valence-electron chi connectivity index (χ4n) is 4.41. The summed E-state index contributed by atoms with van der Waals surface area (Å²) in [6.45, 7) is 4.98. The highest BCUT2D eigenvalue weighted by molar-refractivity contribution is 5.95. The Balaban J connectivity index is 1.59. The third kappa shape index (κ3) is 3.48. The van der Waals surface area contributed by atoms with Crippen molar-refractivity contribution in [3.05, 3.63) is 59.7 Å². The predicted molar refractivity (Wildman–Crippen MR) is 102 cm³/mol. The van der Waals surface area contributed by atoms with Crippen molar-refractivity contribution in [1.29, 1.82) is 0 Å². The smallest absolute Gasteiger partial charge is 0.257 e. The first-order chi connectivity index (χ1) is 13.1. The zero-order valence-corrected chi connectivity index (χ0v) is 15.5. The molecule has 2 fully saturated rings. The normalized spacial score (nSPS) is 22.7. The standard InChI is InChI=1S/C22H24F2N2O/c1-2-25-12-11-18-8-9-19(14-25)26(18)22(27)20-10-5-16(13-21(20)24)15-3-6-17(23)7-4-15/h3-7,10,13,18-19H,2,8-9,11-12,14H2,1H3/t18-,19+/m1/s1. The molecule has 0 spiro atoms. The van der Waals surface area contributed by atoms with Gasteiger partial charge in [0.05, 0.1) is 5.56 Å². The molecule has 0 unspecified atom stereocenters. The van der Waals surface area contributed by atoms with Crippen LogP contribution in [0.2, 0.25) is 0 Å². The van der Waals surface area contributed by atoms with Crippen molar-refractivity contribution in [2.75, 3.05) is 19.6 Å². The quantitative estimate of drug-likeness (QED) is 0.803. The molecule has 0 radical (unpaired) electrons. The van der Waals surface area contributed by atoms with E-state index in [1.54, 1.807) is 24.3 Å². The van der Waals surface area contributed by atoms with Gasteiger partial charge >= 0.3 is 0 Å². The molecule has 0 aliphatic carbocycles. The Labute approximate surface area is 158 Å². The molecule has 142 valence electrons. The van der Waals surface area contributed by atoms with E-state index in [0.29, 0.717) is 5.56 Å². The lowest BCUT2D eigenvalue weighted by atomic mass is 10.0. The third-order valence-electron chi connectivity index (χ3n) is 5.93. The van der Waals surface area contributed by atoms with Crippen molar-refractivity contribution in [2.45, 2.75) is 38.3 Å². The fraction of sp³-hybridized carbons (Fsp3) is 0.409. The van der Waals surface area contributed by atoms with Crippen LogP contribution < -0.4 is 0 Å². The number of carbonyl (C=O) groups is 1. The topological polar surface area (TPSA) is 23.6 Å². The first kappa shape index (κ1) is 18.1. The summed E-state index contributed by atoms with van der Waals surface area (Å²) in [6, 6.07) is 11.0. The van der Waals surface area contributed by atoms with Crippen LogP contribution in [0.15, 0.2) is 42.5 Å². The Morgan fingerprint density at radius 2 is 1.70 bits per heavy atom. The number of halogens is 2. The molecule has 2 aliphatic rings. The molecule has 4 rings (SSSR count). The number of rotatable bonds is 3. The van der Waals surface area contributed by atoms with Gasteiger partial charge in [0, 0.05) is 25.2 Å². The van der Waals surface area contributed by atoms with Gasteiger partial charge in [0.25, 0.3) is 5.91 Å². The van der Waals surface area contributed by atoms with Crippen LogP contribution in [0.5, 0.6) is 0 Å². The van der Waals surface area contributed by atoms with Gasteiger partial charge in [0.15, 0.2) is 0 Å². The van der Waals surface area contributed by atoms with Gasteiger partial charge in [-0.05, 0) is 61.2 Å². The van der Waals surface area contributed by atoms with Crippen LogP contribution in [0.25, 0.3) is 11.1 Å². The van der Waals surface area contributed by atoms with Crippen LogP contribution in [0, 0.1) is 11.6 Å². The third-order valence-corrected chi connectivity index (χ3v) is 5.93. The van der Waals surface area contributed by atoms with E-state index < -0.39 is 5.82 Å². The van der Waals surface area contributed by atoms with Crippen molar-refractivity contribution in [3.8, 4) is 11.1 Å². The predicted octanol–water partition coefficient (Wildman–Crippen LogP) is 4.33. The lowest BCUT2D eigenvalue weighted by Crippen LogP contribution is -2.43. The Bertz CT molecular complexity index is 837. The number of likely N-dealkylation sites (N-methyl/N-ethyl adjacent to an activating group) is 1. The van der Waals surface area contributed by atoms with Gasteiger partial charge in [0.1, 0.15) is 11.6 Å². The number of hydrogen-bond acceptors (Lipinski definition) is 2. The van der Waals surface area contributed by atoms with Gasteiger partial charge in [-0.2, -0.15) is 0 Å². The lowest BCUT2D eigenvalue weighted by molar-refractivity contribution is 0.0666. The Morgan fingerprint density at radius 1 is 1.00 bits per heavy atom. The monoisotopic (exact) mass is 370 g/mol. The van der Waals surface area contributed by atoms with Crippen LogP contribution in [0.3, 0.4) is 0 Å². The second-order valence-corrected chi connectivity index (χ2v) is 7.48. The zero-order chi connectivity index (χ0) is 19.0. The first-order valence-corrected chi connectivity index (χ1v) is 9.67. The summed E-state index contributed by atoms with van der Waals surface area (Å²) >= 11 is 0. The Kier molecular flexibility index (Phi) is 4.96. The maximum Gasteiger partial charge on any atom is 0.257 e. The SMILES string of the molecule is CCN1CC[C@H]2CC[C@@H](C1)N2C(=O)c1ccc(-c2ccc(F)cc2)cc1F. The molecular weight excluding hydrogens is 346 g/mol. The number of likely N-dealkylation sites (tertiary alicyclic amines) is 1. The van der Waals surface area contributed by atoms with E-state index in [2.05, 4.69) is 11.8 Å². The highest BCUT2D eigenvalue weighted by Crippen LogP contribution is 2.32. The van der Waals surface area contributed by atoms with E-state index in [-0.39, 0.29) is 29.4 Å². The first-order valence-electron chi connectivity index (χ1n) is 9.67. The van der Waals surface area contributed by atoms with Crippen LogP contribution >= 0.6 is 0 Å². The fourth-order valence-corrected chi connectivity index (χ4v) is 4.41. The van der Waals surface area contributed by atoms with Crippen LogP contribution in [0.1, 0.15) is 36.5 Å². The molecule has 2 saturated heterocycles. The number of benzene rings is 2. The second-order valence-electron chi connectivity index (χ2n) is 7.48. The summed E-state index contributed by atoms with van der Waals surface area (Å²) in [5, 5.41) is 0. The van der Waals surface area contributed by atoms with E-state index in [9.17, 15) is 13.6 Å².